The lowest BCUT2D eigenvalue weighted by molar-refractivity contribution is 0.425. The molecule has 4 heterocycles. The smallest absolute Gasteiger partial charge is 0.138 e. The van der Waals surface area contributed by atoms with Crippen LogP contribution in [-0.4, -0.2) is 61.8 Å². The summed E-state index contributed by atoms with van der Waals surface area (Å²) in [4.78, 5) is 14.5. The predicted octanol–water partition coefficient (Wildman–Crippen LogP) is 5.59. The van der Waals surface area contributed by atoms with Crippen LogP contribution >= 0.6 is 0 Å². The van der Waals surface area contributed by atoms with Crippen molar-refractivity contribution in [3.8, 4) is 33.8 Å². The molecular formula is C29H29FN8. The Morgan fingerprint density at radius 1 is 1.00 bits per heavy atom. The first-order valence-corrected chi connectivity index (χ1v) is 12.5. The first-order chi connectivity index (χ1) is 18.4. The van der Waals surface area contributed by atoms with Crippen molar-refractivity contribution in [2.24, 2.45) is 7.05 Å². The van der Waals surface area contributed by atoms with Gasteiger partial charge in [0.05, 0.1) is 23.1 Å². The number of H-pyrrole nitrogens is 2. The molecule has 6 rings (SSSR count). The van der Waals surface area contributed by atoms with E-state index in [0.29, 0.717) is 0 Å². The molecule has 0 aliphatic heterocycles. The van der Waals surface area contributed by atoms with Crippen molar-refractivity contribution in [1.82, 2.24) is 34.6 Å². The van der Waals surface area contributed by atoms with Gasteiger partial charge in [-0.1, -0.05) is 6.07 Å². The van der Waals surface area contributed by atoms with Crippen LogP contribution in [0.15, 0.2) is 60.9 Å². The summed E-state index contributed by atoms with van der Waals surface area (Å²) in [5.74, 6) is 0.668. The second-order valence-corrected chi connectivity index (χ2v) is 9.84. The van der Waals surface area contributed by atoms with Crippen LogP contribution in [0.2, 0.25) is 0 Å². The average molecular weight is 509 g/mol. The second-order valence-electron chi connectivity index (χ2n) is 9.84. The first kappa shape index (κ1) is 23.9. The lowest BCUT2D eigenvalue weighted by Crippen LogP contribution is -2.20. The molecule has 3 N–H and O–H groups in total. The van der Waals surface area contributed by atoms with Gasteiger partial charge in [0.25, 0.3) is 0 Å². The van der Waals surface area contributed by atoms with E-state index in [1.54, 1.807) is 12.3 Å². The first-order valence-electron chi connectivity index (χ1n) is 12.5. The second kappa shape index (κ2) is 9.42. The van der Waals surface area contributed by atoms with E-state index in [2.05, 4.69) is 52.1 Å². The third kappa shape index (κ3) is 4.31. The number of imidazole rings is 1. The Morgan fingerprint density at radius 3 is 2.66 bits per heavy atom. The van der Waals surface area contributed by atoms with E-state index in [0.717, 1.165) is 80.3 Å². The molecule has 4 aromatic heterocycles. The minimum atomic E-state index is -0.285. The number of halogens is 1. The molecule has 0 aliphatic rings. The van der Waals surface area contributed by atoms with Crippen molar-refractivity contribution >= 4 is 27.6 Å². The minimum Gasteiger partial charge on any atom is -0.384 e. The number of pyridine rings is 1. The summed E-state index contributed by atoms with van der Waals surface area (Å²) in [5, 5.41) is 13.0. The van der Waals surface area contributed by atoms with Crippen molar-refractivity contribution in [3.05, 3.63) is 72.6 Å². The van der Waals surface area contributed by atoms with Gasteiger partial charge in [-0.3, -0.25) is 5.10 Å². The summed E-state index contributed by atoms with van der Waals surface area (Å²) in [5.41, 5.74) is 7.84. The minimum absolute atomic E-state index is 0.285. The van der Waals surface area contributed by atoms with E-state index in [9.17, 15) is 4.39 Å². The Labute approximate surface area is 219 Å². The monoisotopic (exact) mass is 508 g/mol. The lowest BCUT2D eigenvalue weighted by Gasteiger charge is -2.13. The summed E-state index contributed by atoms with van der Waals surface area (Å²) < 4.78 is 16.7. The molecule has 0 spiro atoms. The third-order valence-electron chi connectivity index (χ3n) is 6.96. The van der Waals surface area contributed by atoms with Crippen molar-refractivity contribution in [1.29, 1.82) is 0 Å². The van der Waals surface area contributed by atoms with Crippen LogP contribution in [0, 0.1) is 12.7 Å². The Balaban J connectivity index is 1.41. The maximum Gasteiger partial charge on any atom is 0.138 e. The van der Waals surface area contributed by atoms with E-state index in [1.165, 1.54) is 6.07 Å². The highest BCUT2D eigenvalue weighted by Crippen LogP contribution is 2.35. The molecule has 0 saturated carbocycles. The summed E-state index contributed by atoms with van der Waals surface area (Å²) in [7, 11) is 6.04. The molecule has 0 amide bonds. The third-order valence-corrected chi connectivity index (χ3v) is 6.96. The summed E-state index contributed by atoms with van der Waals surface area (Å²) >= 11 is 0. The Morgan fingerprint density at radius 2 is 1.87 bits per heavy atom. The van der Waals surface area contributed by atoms with E-state index >= 15 is 0 Å². The van der Waals surface area contributed by atoms with Gasteiger partial charge in [0, 0.05) is 48.4 Å². The van der Waals surface area contributed by atoms with Crippen molar-refractivity contribution in [2.75, 3.05) is 32.5 Å². The number of nitrogens with one attached hydrogen (secondary N) is 3. The standard InChI is InChI=1S/C29H29FN8/c1-17-33-16-27(38(17)4)18-5-6-25-24(13-18)28(36-35-25)26-15-23-22(7-8-32-29(23)34-26)19-11-20(30)14-21(12-19)31-9-10-37(2)3/h5-8,11-16,31H,9-10H2,1-4H3,(H,32,34)(H,35,36). The molecule has 0 fully saturated rings. The van der Waals surface area contributed by atoms with E-state index in [-0.39, 0.29) is 5.82 Å². The number of benzene rings is 2. The number of aromatic amines is 2. The van der Waals surface area contributed by atoms with Crippen LogP contribution < -0.4 is 5.32 Å². The molecule has 38 heavy (non-hydrogen) atoms. The molecule has 0 bridgehead atoms. The fourth-order valence-electron chi connectivity index (χ4n) is 4.83. The van der Waals surface area contributed by atoms with Gasteiger partial charge in [-0.05, 0) is 74.6 Å². The van der Waals surface area contributed by atoms with Crippen LogP contribution in [-0.2, 0) is 7.05 Å². The van der Waals surface area contributed by atoms with Gasteiger partial charge in [0.2, 0.25) is 0 Å². The van der Waals surface area contributed by atoms with E-state index < -0.39 is 0 Å². The highest BCUT2D eigenvalue weighted by Gasteiger charge is 2.16. The number of hydrogen-bond donors (Lipinski definition) is 3. The van der Waals surface area contributed by atoms with Gasteiger partial charge in [0.1, 0.15) is 23.0 Å². The number of anilines is 1. The van der Waals surface area contributed by atoms with Gasteiger partial charge in [-0.15, -0.1) is 0 Å². The van der Waals surface area contributed by atoms with Crippen LogP contribution in [0.4, 0.5) is 10.1 Å². The fourth-order valence-corrected chi connectivity index (χ4v) is 4.83. The van der Waals surface area contributed by atoms with E-state index in [4.69, 9.17) is 0 Å². The molecular weight excluding hydrogens is 479 g/mol. The number of rotatable bonds is 7. The Bertz CT molecular complexity index is 1770. The normalized spacial score (nSPS) is 11.7. The molecule has 0 radical (unpaired) electrons. The molecule has 2 aromatic carbocycles. The maximum absolute atomic E-state index is 14.6. The molecule has 8 nitrogen and oxygen atoms in total. The largest absolute Gasteiger partial charge is 0.384 e. The van der Waals surface area contributed by atoms with Gasteiger partial charge < -0.3 is 19.8 Å². The van der Waals surface area contributed by atoms with Crippen molar-refractivity contribution in [3.63, 3.8) is 0 Å². The van der Waals surface area contributed by atoms with Gasteiger partial charge in [0.15, 0.2) is 0 Å². The molecule has 192 valence electrons. The lowest BCUT2D eigenvalue weighted by atomic mass is 10.0. The molecule has 0 saturated heterocycles. The zero-order chi connectivity index (χ0) is 26.4. The molecule has 9 heteroatoms. The van der Waals surface area contributed by atoms with Crippen LogP contribution in [0.25, 0.3) is 55.7 Å². The van der Waals surface area contributed by atoms with Gasteiger partial charge in [-0.2, -0.15) is 5.10 Å². The number of fused-ring (bicyclic) bond motifs is 2. The van der Waals surface area contributed by atoms with Crippen molar-refractivity contribution in [2.45, 2.75) is 6.92 Å². The zero-order valence-corrected chi connectivity index (χ0v) is 21.8. The molecule has 6 aromatic rings. The number of likely N-dealkylation sites (N-methyl/N-ethyl adjacent to an activating group) is 1. The van der Waals surface area contributed by atoms with E-state index in [1.807, 2.05) is 58.5 Å². The molecule has 0 aliphatic carbocycles. The molecule has 0 unspecified atom stereocenters. The Hall–Kier alpha value is -4.50. The zero-order valence-electron chi connectivity index (χ0n) is 21.8. The molecule has 0 atom stereocenters. The summed E-state index contributed by atoms with van der Waals surface area (Å²) in [6.07, 6.45) is 3.63. The Kier molecular flexibility index (Phi) is 5.92. The fraction of sp³-hybridized carbons (Fsp3) is 0.207. The summed E-state index contributed by atoms with van der Waals surface area (Å²) in [6.45, 7) is 3.57. The highest BCUT2D eigenvalue weighted by molar-refractivity contribution is 6.00. The van der Waals surface area contributed by atoms with Crippen LogP contribution in [0.1, 0.15) is 5.82 Å². The SMILES string of the molecule is Cc1ncc(-c2ccc3[nH]nc(-c4cc5c(-c6cc(F)cc(NCCN(C)C)c6)ccnc5[nH]4)c3c2)n1C. The van der Waals surface area contributed by atoms with Crippen molar-refractivity contribution < 1.29 is 4.39 Å². The number of aromatic nitrogens is 6. The van der Waals surface area contributed by atoms with Crippen LogP contribution in [0.3, 0.4) is 0 Å². The quantitative estimate of drug-likeness (QED) is 0.261. The number of hydrogen-bond acceptors (Lipinski definition) is 5. The predicted molar refractivity (Wildman–Crippen MR) is 151 cm³/mol. The average Bonchev–Trinajstić information content (AvgIpc) is 3.59. The number of aryl methyl sites for hydroxylation is 1. The highest BCUT2D eigenvalue weighted by atomic mass is 19.1. The van der Waals surface area contributed by atoms with Crippen LogP contribution in [0.5, 0.6) is 0 Å². The maximum atomic E-state index is 14.6. The topological polar surface area (TPSA) is 90.5 Å². The number of nitrogens with zero attached hydrogens (tertiary/aromatic N) is 5. The van der Waals surface area contributed by atoms with Gasteiger partial charge >= 0.3 is 0 Å². The summed E-state index contributed by atoms with van der Waals surface area (Å²) in [6, 6.07) is 15.3. The van der Waals surface area contributed by atoms with Gasteiger partial charge in [-0.25, -0.2) is 14.4 Å².